The summed E-state index contributed by atoms with van der Waals surface area (Å²) in [6.07, 6.45) is 0. The van der Waals surface area contributed by atoms with Crippen LogP contribution in [0.5, 0.6) is 0 Å². The fourth-order valence-electron chi connectivity index (χ4n) is 1.38. The summed E-state index contributed by atoms with van der Waals surface area (Å²) in [6, 6.07) is 0. The zero-order chi connectivity index (χ0) is 9.90. The SMILES string of the molecule is C=C(C)CN1CCOCC(F)(F)C1. The zero-order valence-electron chi connectivity index (χ0n) is 7.85. The highest BCUT2D eigenvalue weighted by Crippen LogP contribution is 2.18. The molecule has 76 valence electrons. The van der Waals surface area contributed by atoms with E-state index in [4.69, 9.17) is 4.74 Å². The van der Waals surface area contributed by atoms with Crippen LogP contribution in [0.4, 0.5) is 8.78 Å². The van der Waals surface area contributed by atoms with Crippen molar-refractivity contribution in [2.75, 3.05) is 32.8 Å². The average Bonchev–Trinajstić information content (AvgIpc) is 2.09. The first-order chi connectivity index (χ1) is 5.99. The lowest BCUT2D eigenvalue weighted by molar-refractivity contribution is -0.0676. The third kappa shape index (κ3) is 3.83. The Bertz CT molecular complexity index is 194. The standard InChI is InChI=1S/C9H15F2NO/c1-8(2)5-12-3-4-13-7-9(10,11)6-12/h1,3-7H2,2H3. The second-order valence-corrected chi connectivity index (χ2v) is 3.58. The van der Waals surface area contributed by atoms with Crippen molar-refractivity contribution in [2.24, 2.45) is 0 Å². The molecule has 1 aliphatic heterocycles. The van der Waals surface area contributed by atoms with Crippen LogP contribution in [-0.2, 0) is 4.74 Å². The predicted octanol–water partition coefficient (Wildman–Crippen LogP) is 1.53. The molecular weight excluding hydrogens is 176 g/mol. The molecule has 0 radical (unpaired) electrons. The number of nitrogens with zero attached hydrogens (tertiary/aromatic N) is 1. The third-order valence-corrected chi connectivity index (χ3v) is 1.81. The van der Waals surface area contributed by atoms with Gasteiger partial charge in [0.1, 0.15) is 6.61 Å². The lowest BCUT2D eigenvalue weighted by Crippen LogP contribution is -2.38. The largest absolute Gasteiger partial charge is 0.374 e. The summed E-state index contributed by atoms with van der Waals surface area (Å²) in [7, 11) is 0. The van der Waals surface area contributed by atoms with Gasteiger partial charge in [0.2, 0.25) is 0 Å². The molecule has 0 aliphatic carbocycles. The molecule has 0 atom stereocenters. The number of hydrogen-bond acceptors (Lipinski definition) is 2. The van der Waals surface area contributed by atoms with Gasteiger partial charge in [0.15, 0.2) is 0 Å². The van der Waals surface area contributed by atoms with Gasteiger partial charge in [0.25, 0.3) is 5.92 Å². The molecular formula is C9H15F2NO. The summed E-state index contributed by atoms with van der Waals surface area (Å²) < 4.78 is 30.7. The smallest absolute Gasteiger partial charge is 0.283 e. The zero-order valence-corrected chi connectivity index (χ0v) is 7.85. The van der Waals surface area contributed by atoms with Gasteiger partial charge in [-0.15, -0.1) is 0 Å². The van der Waals surface area contributed by atoms with Crippen molar-refractivity contribution in [3.05, 3.63) is 12.2 Å². The van der Waals surface area contributed by atoms with Crippen molar-refractivity contribution in [1.82, 2.24) is 4.90 Å². The molecule has 0 aromatic rings. The van der Waals surface area contributed by atoms with E-state index in [2.05, 4.69) is 6.58 Å². The normalized spacial score (nSPS) is 23.9. The Kier molecular flexibility index (Phi) is 3.39. The molecule has 2 nitrogen and oxygen atoms in total. The average molecular weight is 191 g/mol. The molecule has 13 heavy (non-hydrogen) atoms. The van der Waals surface area contributed by atoms with E-state index in [0.717, 1.165) is 5.57 Å². The first-order valence-corrected chi connectivity index (χ1v) is 4.32. The van der Waals surface area contributed by atoms with Gasteiger partial charge in [-0.1, -0.05) is 12.2 Å². The Balaban J connectivity index is 2.49. The molecule has 0 aromatic carbocycles. The molecule has 1 saturated heterocycles. The van der Waals surface area contributed by atoms with Crippen molar-refractivity contribution < 1.29 is 13.5 Å². The van der Waals surface area contributed by atoms with Crippen molar-refractivity contribution in [2.45, 2.75) is 12.8 Å². The van der Waals surface area contributed by atoms with Gasteiger partial charge in [-0.25, -0.2) is 8.78 Å². The highest BCUT2D eigenvalue weighted by atomic mass is 19.3. The van der Waals surface area contributed by atoms with Crippen molar-refractivity contribution in [1.29, 1.82) is 0 Å². The quantitative estimate of drug-likeness (QED) is 0.614. The van der Waals surface area contributed by atoms with E-state index in [0.29, 0.717) is 19.7 Å². The molecule has 4 heteroatoms. The fraction of sp³-hybridized carbons (Fsp3) is 0.778. The van der Waals surface area contributed by atoms with Crippen LogP contribution in [0.15, 0.2) is 12.2 Å². The van der Waals surface area contributed by atoms with Gasteiger partial charge in [-0.05, 0) is 6.92 Å². The van der Waals surface area contributed by atoms with Gasteiger partial charge in [-0.2, -0.15) is 0 Å². The maximum atomic E-state index is 13.0. The van der Waals surface area contributed by atoms with Gasteiger partial charge in [0.05, 0.1) is 13.2 Å². The van der Waals surface area contributed by atoms with Crippen LogP contribution in [-0.4, -0.2) is 43.7 Å². The van der Waals surface area contributed by atoms with Crippen LogP contribution in [0, 0.1) is 0 Å². The summed E-state index contributed by atoms with van der Waals surface area (Å²) in [5.74, 6) is -2.72. The van der Waals surface area contributed by atoms with E-state index in [1.165, 1.54) is 0 Å². The topological polar surface area (TPSA) is 12.5 Å². The van der Waals surface area contributed by atoms with Crippen molar-refractivity contribution in [3.63, 3.8) is 0 Å². The van der Waals surface area contributed by atoms with Gasteiger partial charge in [-0.3, -0.25) is 4.90 Å². The Morgan fingerprint density at radius 1 is 1.62 bits per heavy atom. The highest BCUT2D eigenvalue weighted by Gasteiger charge is 2.34. The molecule has 1 rings (SSSR count). The fourth-order valence-corrected chi connectivity index (χ4v) is 1.38. The molecule has 0 bridgehead atoms. The minimum atomic E-state index is -2.72. The summed E-state index contributed by atoms with van der Waals surface area (Å²) in [6.45, 7) is 6.32. The molecule has 0 amide bonds. The predicted molar refractivity (Wildman–Crippen MR) is 47.0 cm³/mol. The van der Waals surface area contributed by atoms with E-state index in [-0.39, 0.29) is 6.54 Å². The van der Waals surface area contributed by atoms with Crippen LogP contribution in [0.25, 0.3) is 0 Å². The number of halogens is 2. The van der Waals surface area contributed by atoms with E-state index < -0.39 is 12.5 Å². The molecule has 0 N–H and O–H groups in total. The van der Waals surface area contributed by atoms with Crippen molar-refractivity contribution in [3.8, 4) is 0 Å². The highest BCUT2D eigenvalue weighted by molar-refractivity contribution is 4.93. The maximum absolute atomic E-state index is 13.0. The summed E-state index contributed by atoms with van der Waals surface area (Å²) in [4.78, 5) is 1.68. The van der Waals surface area contributed by atoms with Gasteiger partial charge < -0.3 is 4.74 Å². The van der Waals surface area contributed by atoms with E-state index in [1.807, 2.05) is 6.92 Å². The lowest BCUT2D eigenvalue weighted by Gasteiger charge is -2.22. The Morgan fingerprint density at radius 3 is 2.92 bits per heavy atom. The van der Waals surface area contributed by atoms with Crippen molar-refractivity contribution >= 4 is 0 Å². The Labute approximate surface area is 77.2 Å². The molecule has 1 aliphatic rings. The molecule has 0 spiro atoms. The Hall–Kier alpha value is -0.480. The van der Waals surface area contributed by atoms with Crippen LogP contribution in [0.2, 0.25) is 0 Å². The summed E-state index contributed by atoms with van der Waals surface area (Å²) in [5.41, 5.74) is 0.901. The Morgan fingerprint density at radius 2 is 2.31 bits per heavy atom. The lowest BCUT2D eigenvalue weighted by atomic mass is 10.3. The minimum absolute atomic E-state index is 0.222. The monoisotopic (exact) mass is 191 g/mol. The maximum Gasteiger partial charge on any atom is 0.283 e. The number of ether oxygens (including phenoxy) is 1. The number of rotatable bonds is 2. The molecule has 1 heterocycles. The van der Waals surface area contributed by atoms with Gasteiger partial charge >= 0.3 is 0 Å². The minimum Gasteiger partial charge on any atom is -0.374 e. The van der Waals surface area contributed by atoms with E-state index in [1.54, 1.807) is 4.90 Å². The second-order valence-electron chi connectivity index (χ2n) is 3.58. The summed E-state index contributed by atoms with van der Waals surface area (Å²) in [5, 5.41) is 0. The van der Waals surface area contributed by atoms with Gasteiger partial charge in [0, 0.05) is 13.1 Å². The van der Waals surface area contributed by atoms with E-state index in [9.17, 15) is 8.78 Å². The number of hydrogen-bond donors (Lipinski definition) is 0. The van der Waals surface area contributed by atoms with Crippen LogP contribution < -0.4 is 0 Å². The van der Waals surface area contributed by atoms with Crippen LogP contribution in [0.3, 0.4) is 0 Å². The van der Waals surface area contributed by atoms with Crippen LogP contribution in [0.1, 0.15) is 6.92 Å². The first kappa shape index (κ1) is 10.6. The molecule has 0 aromatic heterocycles. The molecule has 1 fully saturated rings. The van der Waals surface area contributed by atoms with E-state index >= 15 is 0 Å². The third-order valence-electron chi connectivity index (χ3n) is 1.81. The van der Waals surface area contributed by atoms with Crippen LogP contribution >= 0.6 is 0 Å². The second kappa shape index (κ2) is 4.15. The molecule has 0 unspecified atom stereocenters. The number of alkyl halides is 2. The molecule has 0 saturated carbocycles. The summed E-state index contributed by atoms with van der Waals surface area (Å²) >= 11 is 0. The first-order valence-electron chi connectivity index (χ1n) is 4.32.